The van der Waals surface area contributed by atoms with Crippen LogP contribution < -0.4 is 5.73 Å². The molecule has 0 aromatic heterocycles. The zero-order valence-corrected chi connectivity index (χ0v) is 13.5. The third kappa shape index (κ3) is 5.11. The summed E-state index contributed by atoms with van der Waals surface area (Å²) in [7, 11) is 0. The Hall–Kier alpha value is -1.39. The number of carbonyl (C=O) groups excluding carboxylic acids is 1. The zero-order chi connectivity index (χ0) is 15.8. The van der Waals surface area contributed by atoms with Crippen LogP contribution in [-0.2, 0) is 16.0 Å². The van der Waals surface area contributed by atoms with Crippen molar-refractivity contribution in [3.05, 3.63) is 35.9 Å². The Labute approximate surface area is 133 Å². The van der Waals surface area contributed by atoms with Crippen molar-refractivity contribution in [3.63, 3.8) is 0 Å². The van der Waals surface area contributed by atoms with Crippen LogP contribution in [0.2, 0.25) is 0 Å². The number of benzene rings is 1. The van der Waals surface area contributed by atoms with E-state index >= 15 is 0 Å². The first-order valence-electron chi connectivity index (χ1n) is 8.40. The number of hydrogen-bond donors (Lipinski definition) is 1. The molecule has 0 aliphatic carbocycles. The van der Waals surface area contributed by atoms with Crippen molar-refractivity contribution in [2.45, 2.75) is 51.2 Å². The molecule has 0 saturated carbocycles. The van der Waals surface area contributed by atoms with Gasteiger partial charge in [-0.3, -0.25) is 4.79 Å². The van der Waals surface area contributed by atoms with Gasteiger partial charge in [0.2, 0.25) is 5.91 Å². The molecule has 2 atom stereocenters. The van der Waals surface area contributed by atoms with Crippen molar-refractivity contribution in [3.8, 4) is 0 Å². The lowest BCUT2D eigenvalue weighted by atomic mass is 10.1. The van der Waals surface area contributed by atoms with Gasteiger partial charge in [-0.1, -0.05) is 37.3 Å². The number of amides is 1. The fraction of sp³-hybridized carbons (Fsp3) is 0.611. The van der Waals surface area contributed by atoms with Crippen LogP contribution in [-0.4, -0.2) is 42.6 Å². The van der Waals surface area contributed by atoms with Gasteiger partial charge in [0, 0.05) is 19.7 Å². The second-order valence-corrected chi connectivity index (χ2v) is 6.05. The summed E-state index contributed by atoms with van der Waals surface area (Å²) in [6.45, 7) is 4.49. The number of carbonyl (C=O) groups is 1. The highest BCUT2D eigenvalue weighted by Crippen LogP contribution is 2.16. The average Bonchev–Trinajstić information content (AvgIpc) is 2.78. The van der Waals surface area contributed by atoms with Gasteiger partial charge in [0.15, 0.2) is 0 Å². The van der Waals surface area contributed by atoms with E-state index in [1.807, 2.05) is 35.2 Å². The van der Waals surface area contributed by atoms with E-state index in [2.05, 4.69) is 6.92 Å². The summed E-state index contributed by atoms with van der Waals surface area (Å²) >= 11 is 0. The van der Waals surface area contributed by atoms with Crippen LogP contribution in [0.1, 0.15) is 38.2 Å². The lowest BCUT2D eigenvalue weighted by molar-refractivity contribution is -0.132. The van der Waals surface area contributed by atoms with Crippen molar-refractivity contribution in [2.24, 2.45) is 5.73 Å². The van der Waals surface area contributed by atoms with E-state index in [1.54, 1.807) is 0 Å². The standard InChI is InChI=1S/C18H28N2O2/c1-2-13-22-16-9-6-11-20(12-10-16)18(21)17(19)14-15-7-4-3-5-8-15/h3-5,7-8,16-17H,2,6,9-14,19H2,1H3/t16?,17-/m0/s1. The first kappa shape index (κ1) is 17.0. The molecule has 1 aromatic carbocycles. The summed E-state index contributed by atoms with van der Waals surface area (Å²) in [6.07, 6.45) is 4.90. The van der Waals surface area contributed by atoms with Crippen molar-refractivity contribution >= 4 is 5.91 Å². The molecule has 0 spiro atoms. The summed E-state index contributed by atoms with van der Waals surface area (Å²) in [5, 5.41) is 0. The van der Waals surface area contributed by atoms with Crippen molar-refractivity contribution in [2.75, 3.05) is 19.7 Å². The monoisotopic (exact) mass is 304 g/mol. The van der Waals surface area contributed by atoms with Crippen molar-refractivity contribution in [1.82, 2.24) is 4.90 Å². The second-order valence-electron chi connectivity index (χ2n) is 6.05. The van der Waals surface area contributed by atoms with E-state index in [0.29, 0.717) is 12.5 Å². The first-order chi connectivity index (χ1) is 10.7. The number of nitrogens with two attached hydrogens (primary N) is 1. The Morgan fingerprint density at radius 1 is 1.32 bits per heavy atom. The Morgan fingerprint density at radius 2 is 2.09 bits per heavy atom. The summed E-state index contributed by atoms with van der Waals surface area (Å²) in [5.74, 6) is 0.0694. The first-order valence-corrected chi connectivity index (χ1v) is 8.40. The van der Waals surface area contributed by atoms with Gasteiger partial charge in [-0.2, -0.15) is 0 Å². The molecule has 0 radical (unpaired) electrons. The van der Waals surface area contributed by atoms with Gasteiger partial charge in [0.25, 0.3) is 0 Å². The average molecular weight is 304 g/mol. The normalized spacial score (nSPS) is 20.5. The van der Waals surface area contributed by atoms with Crippen LogP contribution >= 0.6 is 0 Å². The number of nitrogens with zero attached hydrogens (tertiary/aromatic N) is 1. The Morgan fingerprint density at radius 3 is 2.82 bits per heavy atom. The second kappa shape index (κ2) is 8.91. The number of rotatable bonds is 6. The topological polar surface area (TPSA) is 55.6 Å². The minimum Gasteiger partial charge on any atom is -0.378 e. The highest BCUT2D eigenvalue weighted by atomic mass is 16.5. The Kier molecular flexibility index (Phi) is 6.87. The maximum atomic E-state index is 12.5. The van der Waals surface area contributed by atoms with Gasteiger partial charge < -0.3 is 15.4 Å². The van der Waals surface area contributed by atoms with E-state index in [-0.39, 0.29) is 5.91 Å². The third-order valence-corrected chi connectivity index (χ3v) is 4.16. The molecular formula is C18H28N2O2. The van der Waals surface area contributed by atoms with Crippen LogP contribution in [0.15, 0.2) is 30.3 Å². The molecule has 1 unspecified atom stereocenters. The fourth-order valence-corrected chi connectivity index (χ4v) is 2.93. The molecule has 1 heterocycles. The van der Waals surface area contributed by atoms with Crippen LogP contribution in [0.3, 0.4) is 0 Å². The van der Waals surface area contributed by atoms with Gasteiger partial charge in [-0.15, -0.1) is 0 Å². The molecule has 1 aromatic rings. The third-order valence-electron chi connectivity index (χ3n) is 4.16. The molecule has 4 nitrogen and oxygen atoms in total. The number of hydrogen-bond acceptors (Lipinski definition) is 3. The van der Waals surface area contributed by atoms with E-state index in [4.69, 9.17) is 10.5 Å². The highest BCUT2D eigenvalue weighted by Gasteiger charge is 2.24. The predicted octanol–water partition coefficient (Wildman–Crippen LogP) is 2.36. The quantitative estimate of drug-likeness (QED) is 0.878. The lowest BCUT2D eigenvalue weighted by Crippen LogP contribution is -2.45. The van der Waals surface area contributed by atoms with E-state index < -0.39 is 6.04 Å². The van der Waals surface area contributed by atoms with Crippen LogP contribution in [0.5, 0.6) is 0 Å². The molecule has 122 valence electrons. The van der Waals surface area contributed by atoms with Crippen molar-refractivity contribution in [1.29, 1.82) is 0 Å². The summed E-state index contributed by atoms with van der Waals surface area (Å²) < 4.78 is 5.83. The van der Waals surface area contributed by atoms with Crippen LogP contribution in [0.4, 0.5) is 0 Å². The maximum absolute atomic E-state index is 12.5. The van der Waals surface area contributed by atoms with E-state index in [1.165, 1.54) is 0 Å². The molecular weight excluding hydrogens is 276 g/mol. The molecule has 22 heavy (non-hydrogen) atoms. The smallest absolute Gasteiger partial charge is 0.239 e. The molecule has 1 aliphatic heterocycles. The molecule has 2 N–H and O–H groups in total. The highest BCUT2D eigenvalue weighted by molar-refractivity contribution is 5.82. The van der Waals surface area contributed by atoms with Gasteiger partial charge in [-0.05, 0) is 37.7 Å². The van der Waals surface area contributed by atoms with Crippen LogP contribution in [0, 0.1) is 0 Å². The summed E-state index contributed by atoms with van der Waals surface area (Å²) in [4.78, 5) is 14.5. The van der Waals surface area contributed by atoms with E-state index in [9.17, 15) is 4.79 Å². The lowest BCUT2D eigenvalue weighted by Gasteiger charge is -2.24. The maximum Gasteiger partial charge on any atom is 0.239 e. The number of ether oxygens (including phenoxy) is 1. The SMILES string of the molecule is CCCOC1CCCN(C(=O)[C@@H](N)Cc2ccccc2)CC1. The predicted molar refractivity (Wildman–Crippen MR) is 88.6 cm³/mol. The molecule has 1 aliphatic rings. The fourth-order valence-electron chi connectivity index (χ4n) is 2.93. The zero-order valence-electron chi connectivity index (χ0n) is 13.5. The van der Waals surface area contributed by atoms with Gasteiger partial charge in [0.1, 0.15) is 0 Å². The largest absolute Gasteiger partial charge is 0.378 e. The van der Waals surface area contributed by atoms with Gasteiger partial charge in [-0.25, -0.2) is 0 Å². The molecule has 4 heteroatoms. The summed E-state index contributed by atoms with van der Waals surface area (Å²) in [5.41, 5.74) is 7.24. The Bertz CT molecular complexity index is 450. The van der Waals surface area contributed by atoms with Gasteiger partial charge >= 0.3 is 0 Å². The molecule has 1 saturated heterocycles. The van der Waals surface area contributed by atoms with Crippen LogP contribution in [0.25, 0.3) is 0 Å². The van der Waals surface area contributed by atoms with Crippen molar-refractivity contribution < 1.29 is 9.53 Å². The molecule has 0 bridgehead atoms. The minimum atomic E-state index is -0.449. The minimum absolute atomic E-state index is 0.0694. The van der Waals surface area contributed by atoms with E-state index in [0.717, 1.165) is 50.9 Å². The summed E-state index contributed by atoms with van der Waals surface area (Å²) in [6, 6.07) is 9.52. The Balaban J connectivity index is 1.84. The molecule has 1 fully saturated rings. The molecule has 1 amide bonds. The number of likely N-dealkylation sites (tertiary alicyclic amines) is 1. The van der Waals surface area contributed by atoms with Gasteiger partial charge in [0.05, 0.1) is 12.1 Å². The molecule has 2 rings (SSSR count).